The predicted molar refractivity (Wildman–Crippen MR) is 83.6 cm³/mol. The maximum atomic E-state index is 14.4. The Bertz CT molecular complexity index is 793. The lowest BCUT2D eigenvalue weighted by atomic mass is 9.98. The number of hydrogen-bond donors (Lipinski definition) is 1. The first kappa shape index (κ1) is 21.1. The van der Waals surface area contributed by atoms with Crippen molar-refractivity contribution in [1.82, 2.24) is 10.4 Å². The molecule has 0 amide bonds. The Labute approximate surface area is 146 Å². The Kier molecular flexibility index (Phi) is 6.84. The van der Waals surface area contributed by atoms with E-state index in [-0.39, 0.29) is 6.61 Å². The number of esters is 1. The van der Waals surface area contributed by atoms with Crippen molar-refractivity contribution in [3.05, 3.63) is 50.5 Å². The zero-order valence-corrected chi connectivity index (χ0v) is 14.4. The van der Waals surface area contributed by atoms with Gasteiger partial charge in [0.2, 0.25) is 11.6 Å². The molecule has 8 nitrogen and oxygen atoms in total. The van der Waals surface area contributed by atoms with E-state index in [4.69, 9.17) is 0 Å². The standard InChI is InChI=1S/C15H16F3N3O5/c1-5-26-15(23)8(6-19-20(3)4)14(22)9-10(16)7(2)11(17)12(18)13(9)21(24)25/h6,19H,5H2,1-4H3/b8-6+. The number of hydrogen-bond acceptors (Lipinski definition) is 7. The summed E-state index contributed by atoms with van der Waals surface area (Å²) >= 11 is 0. The fraction of sp³-hybridized carbons (Fsp3) is 0.333. The maximum absolute atomic E-state index is 14.4. The highest BCUT2D eigenvalue weighted by Crippen LogP contribution is 2.32. The minimum Gasteiger partial charge on any atom is -0.462 e. The number of carbonyl (C=O) groups excluding carboxylic acids is 2. The maximum Gasteiger partial charge on any atom is 0.343 e. The van der Waals surface area contributed by atoms with Gasteiger partial charge in [-0.2, -0.15) is 4.39 Å². The summed E-state index contributed by atoms with van der Waals surface area (Å²) in [6.45, 7) is 2.09. The summed E-state index contributed by atoms with van der Waals surface area (Å²) in [4.78, 5) is 34.2. The molecule has 0 spiro atoms. The van der Waals surface area contributed by atoms with Crippen LogP contribution in [0.15, 0.2) is 11.8 Å². The number of halogens is 3. The van der Waals surface area contributed by atoms with E-state index in [0.29, 0.717) is 0 Å². The van der Waals surface area contributed by atoms with Gasteiger partial charge in [0.05, 0.1) is 11.5 Å². The topological polar surface area (TPSA) is 102 Å². The van der Waals surface area contributed by atoms with Crippen molar-refractivity contribution in [3.63, 3.8) is 0 Å². The second-order valence-corrected chi connectivity index (χ2v) is 5.18. The first-order chi connectivity index (χ1) is 12.0. The van der Waals surface area contributed by atoms with Crippen LogP contribution in [0, 0.1) is 34.5 Å². The molecule has 0 saturated carbocycles. The number of Topliss-reactive ketones (excluding diaryl/α,β-unsaturated/α-hetero) is 1. The van der Waals surface area contributed by atoms with Gasteiger partial charge in [-0.25, -0.2) is 18.6 Å². The van der Waals surface area contributed by atoms with Gasteiger partial charge in [-0.15, -0.1) is 0 Å². The third-order valence-corrected chi connectivity index (χ3v) is 3.13. The number of nitrogens with zero attached hydrogens (tertiary/aromatic N) is 2. The van der Waals surface area contributed by atoms with E-state index in [1.165, 1.54) is 26.0 Å². The number of benzene rings is 1. The zero-order valence-electron chi connectivity index (χ0n) is 14.4. The molecule has 0 aliphatic heterocycles. The fourth-order valence-corrected chi connectivity index (χ4v) is 1.90. The summed E-state index contributed by atoms with van der Waals surface area (Å²) in [7, 11) is 2.99. The lowest BCUT2D eigenvalue weighted by Gasteiger charge is -2.13. The Hall–Kier alpha value is -2.95. The molecule has 0 aliphatic carbocycles. The second-order valence-electron chi connectivity index (χ2n) is 5.18. The summed E-state index contributed by atoms with van der Waals surface area (Å²) in [5.41, 5.74) is -2.39. The molecule has 1 aromatic carbocycles. The molecule has 0 fully saturated rings. The second kappa shape index (κ2) is 8.43. The summed E-state index contributed by atoms with van der Waals surface area (Å²) in [5.74, 6) is -8.17. The van der Waals surface area contributed by atoms with Crippen LogP contribution in [0.2, 0.25) is 0 Å². The Morgan fingerprint density at radius 1 is 1.23 bits per heavy atom. The molecule has 0 saturated heterocycles. The molecule has 0 heterocycles. The molecule has 1 N–H and O–H groups in total. The minimum absolute atomic E-state index is 0.146. The smallest absolute Gasteiger partial charge is 0.343 e. The lowest BCUT2D eigenvalue weighted by Crippen LogP contribution is -2.28. The first-order valence-corrected chi connectivity index (χ1v) is 7.21. The molecular formula is C15H16F3N3O5. The van der Waals surface area contributed by atoms with Crippen LogP contribution in [0.1, 0.15) is 22.8 Å². The summed E-state index contributed by atoms with van der Waals surface area (Å²) in [6, 6.07) is 0. The van der Waals surface area contributed by atoms with Crippen molar-refractivity contribution in [3.8, 4) is 0 Å². The number of carbonyl (C=O) groups is 2. The van der Waals surface area contributed by atoms with Gasteiger partial charge in [0, 0.05) is 25.9 Å². The molecule has 11 heteroatoms. The molecule has 0 atom stereocenters. The summed E-state index contributed by atoms with van der Waals surface area (Å²) in [5, 5.41) is 12.4. The number of rotatable bonds is 7. The molecule has 0 aromatic heterocycles. The van der Waals surface area contributed by atoms with Crippen molar-refractivity contribution in [2.45, 2.75) is 13.8 Å². The lowest BCUT2D eigenvalue weighted by molar-refractivity contribution is -0.388. The number of ketones is 1. The van der Waals surface area contributed by atoms with Gasteiger partial charge in [0.1, 0.15) is 17.0 Å². The van der Waals surface area contributed by atoms with Gasteiger partial charge < -0.3 is 10.2 Å². The number of nitro groups is 1. The highest BCUT2D eigenvalue weighted by molar-refractivity contribution is 6.25. The normalized spacial score (nSPS) is 11.5. The van der Waals surface area contributed by atoms with E-state index in [1.807, 2.05) is 0 Å². The van der Waals surface area contributed by atoms with Crippen molar-refractivity contribution in [1.29, 1.82) is 0 Å². The molecule has 1 aromatic rings. The molecule has 0 aliphatic rings. The fourth-order valence-electron chi connectivity index (χ4n) is 1.90. The van der Waals surface area contributed by atoms with Gasteiger partial charge in [-0.1, -0.05) is 0 Å². The van der Waals surface area contributed by atoms with Gasteiger partial charge in [0.15, 0.2) is 5.82 Å². The van der Waals surface area contributed by atoms with E-state index >= 15 is 0 Å². The summed E-state index contributed by atoms with van der Waals surface area (Å²) in [6.07, 6.45) is 0.820. The highest BCUT2D eigenvalue weighted by Gasteiger charge is 2.37. The van der Waals surface area contributed by atoms with Crippen molar-refractivity contribution >= 4 is 17.4 Å². The van der Waals surface area contributed by atoms with Crippen LogP contribution in [0.3, 0.4) is 0 Å². The quantitative estimate of drug-likeness (QED) is 0.114. The van der Waals surface area contributed by atoms with Crippen molar-refractivity contribution in [2.75, 3.05) is 20.7 Å². The van der Waals surface area contributed by atoms with Gasteiger partial charge in [-0.05, 0) is 13.8 Å². The number of nitro benzene ring substituents is 1. The van der Waals surface area contributed by atoms with Crippen LogP contribution in [0.25, 0.3) is 0 Å². The van der Waals surface area contributed by atoms with Crippen LogP contribution in [0.4, 0.5) is 18.9 Å². The van der Waals surface area contributed by atoms with Crippen LogP contribution in [0.5, 0.6) is 0 Å². The molecule has 1 rings (SSSR count). The van der Waals surface area contributed by atoms with E-state index in [0.717, 1.165) is 13.1 Å². The highest BCUT2D eigenvalue weighted by atomic mass is 19.2. The first-order valence-electron chi connectivity index (χ1n) is 7.21. The van der Waals surface area contributed by atoms with Crippen LogP contribution in [-0.2, 0) is 9.53 Å². The predicted octanol–water partition coefficient (Wildman–Crippen LogP) is 2.02. The molecule has 142 valence electrons. The van der Waals surface area contributed by atoms with Gasteiger partial charge in [-0.3, -0.25) is 14.9 Å². The zero-order chi connectivity index (χ0) is 20.2. The van der Waals surface area contributed by atoms with E-state index in [2.05, 4.69) is 10.2 Å². The van der Waals surface area contributed by atoms with E-state index in [1.54, 1.807) is 0 Å². The average Bonchev–Trinajstić information content (AvgIpc) is 2.55. The molecular weight excluding hydrogens is 359 g/mol. The van der Waals surface area contributed by atoms with Crippen molar-refractivity contribution < 1.29 is 32.4 Å². The largest absolute Gasteiger partial charge is 0.462 e. The van der Waals surface area contributed by atoms with Crippen LogP contribution in [-0.4, -0.2) is 42.4 Å². The van der Waals surface area contributed by atoms with Crippen molar-refractivity contribution in [2.24, 2.45) is 0 Å². The SMILES string of the molecule is CCOC(=O)/C(=C/NN(C)C)C(=O)c1c(F)c(C)c(F)c(F)c1[N+](=O)[O-]. The Balaban J connectivity index is 3.70. The summed E-state index contributed by atoms with van der Waals surface area (Å²) < 4.78 is 46.6. The third kappa shape index (κ3) is 4.17. The Morgan fingerprint density at radius 2 is 1.81 bits per heavy atom. The average molecular weight is 375 g/mol. The monoisotopic (exact) mass is 375 g/mol. The van der Waals surface area contributed by atoms with Crippen LogP contribution < -0.4 is 5.43 Å². The number of ether oxygens (including phenoxy) is 1. The van der Waals surface area contributed by atoms with Gasteiger partial charge in [0.25, 0.3) is 0 Å². The minimum atomic E-state index is -2.00. The number of nitrogens with one attached hydrogen (secondary N) is 1. The van der Waals surface area contributed by atoms with Crippen LogP contribution >= 0.6 is 0 Å². The van der Waals surface area contributed by atoms with E-state index in [9.17, 15) is 32.9 Å². The molecule has 0 bridgehead atoms. The number of hydrazine groups is 1. The Morgan fingerprint density at radius 3 is 2.27 bits per heavy atom. The van der Waals surface area contributed by atoms with E-state index < -0.39 is 56.5 Å². The van der Waals surface area contributed by atoms with Gasteiger partial charge >= 0.3 is 11.7 Å². The molecule has 26 heavy (non-hydrogen) atoms. The molecule has 0 unspecified atom stereocenters. The molecule has 0 radical (unpaired) electrons. The third-order valence-electron chi connectivity index (χ3n) is 3.13.